The number of ether oxygens (including phenoxy) is 1. The van der Waals surface area contributed by atoms with E-state index in [1.165, 1.54) is 12.1 Å². The molecule has 0 saturated carbocycles. The average molecular weight is 584 g/mol. The lowest BCUT2D eigenvalue weighted by molar-refractivity contribution is -0.145. The number of hydrogen-bond acceptors (Lipinski definition) is 5. The second-order valence-electron chi connectivity index (χ2n) is 11.1. The highest BCUT2D eigenvalue weighted by Crippen LogP contribution is 2.45. The molecule has 0 spiro atoms. The van der Waals surface area contributed by atoms with Gasteiger partial charge < -0.3 is 25.8 Å². The van der Waals surface area contributed by atoms with E-state index in [2.05, 4.69) is 5.32 Å². The van der Waals surface area contributed by atoms with Crippen LogP contribution < -0.4 is 15.8 Å². The van der Waals surface area contributed by atoms with Gasteiger partial charge in [0.25, 0.3) is 0 Å². The molecular weight excluding hydrogens is 540 g/mol. The van der Waals surface area contributed by atoms with Gasteiger partial charge in [-0.1, -0.05) is 43.7 Å². The number of benzene rings is 2. The molecule has 2 aromatic rings. The second kappa shape index (κ2) is 15.1. The van der Waals surface area contributed by atoms with E-state index in [0.29, 0.717) is 49.4 Å². The molecule has 42 heavy (non-hydrogen) atoms. The molecule has 1 unspecified atom stereocenters. The summed E-state index contributed by atoms with van der Waals surface area (Å²) in [5, 5.41) is 15.1. The Balaban J connectivity index is 2.08. The molecule has 3 rings (SSSR count). The number of carbonyl (C=O) groups excluding carboxylic acids is 2. The molecule has 0 radical (unpaired) electrons. The molecule has 0 aliphatic heterocycles. The Labute approximate surface area is 247 Å². The van der Waals surface area contributed by atoms with Gasteiger partial charge in [-0.3, -0.25) is 9.59 Å². The Kier molecular flexibility index (Phi) is 11.8. The van der Waals surface area contributed by atoms with E-state index >= 15 is 0 Å². The van der Waals surface area contributed by atoms with E-state index in [9.17, 15) is 23.5 Å². The molecule has 0 saturated heterocycles. The average Bonchev–Trinajstić information content (AvgIpc) is 2.94. The highest BCUT2D eigenvalue weighted by atomic mass is 19.1. The van der Waals surface area contributed by atoms with Gasteiger partial charge in [0, 0.05) is 43.7 Å². The molecule has 1 aliphatic carbocycles. The number of rotatable bonds is 15. The van der Waals surface area contributed by atoms with Gasteiger partial charge in [0.15, 0.2) is 0 Å². The number of amides is 2. The van der Waals surface area contributed by atoms with Gasteiger partial charge in [-0.25, -0.2) is 8.78 Å². The summed E-state index contributed by atoms with van der Waals surface area (Å²) >= 11 is 0. The highest BCUT2D eigenvalue weighted by molar-refractivity contribution is 5.96. The maximum atomic E-state index is 14.6. The third kappa shape index (κ3) is 8.26. The lowest BCUT2D eigenvalue weighted by Crippen LogP contribution is -2.54. The fraction of sp³-hybridized carbons (Fsp3) is 0.455. The Hall–Kier alpha value is -3.56. The molecule has 3 atom stereocenters. The minimum atomic E-state index is -1.38. The Morgan fingerprint density at radius 3 is 2.36 bits per heavy atom. The van der Waals surface area contributed by atoms with E-state index in [1.54, 1.807) is 31.1 Å². The number of halogens is 2. The fourth-order valence-corrected chi connectivity index (χ4v) is 5.91. The van der Waals surface area contributed by atoms with Crippen molar-refractivity contribution in [1.29, 1.82) is 0 Å². The number of aliphatic hydroxyl groups is 1. The van der Waals surface area contributed by atoms with Crippen LogP contribution in [0.4, 0.5) is 8.78 Å². The monoisotopic (exact) mass is 583 g/mol. The minimum Gasteiger partial charge on any atom is -0.497 e. The minimum absolute atomic E-state index is 0.00958. The lowest BCUT2D eigenvalue weighted by Gasteiger charge is -2.45. The van der Waals surface area contributed by atoms with Crippen LogP contribution in [0.3, 0.4) is 0 Å². The third-order valence-corrected chi connectivity index (χ3v) is 7.68. The molecule has 0 fully saturated rings. The van der Waals surface area contributed by atoms with E-state index in [0.717, 1.165) is 11.6 Å². The number of nitrogens with one attached hydrogen (secondary N) is 1. The second-order valence-corrected chi connectivity index (χ2v) is 11.1. The number of nitrogens with zero attached hydrogens (tertiary/aromatic N) is 1. The number of nitrogens with two attached hydrogens (primary N) is 1. The van der Waals surface area contributed by atoms with Crippen LogP contribution >= 0.6 is 0 Å². The van der Waals surface area contributed by atoms with Crippen molar-refractivity contribution in [2.45, 2.75) is 59.1 Å². The number of aliphatic hydroxyl groups excluding tert-OH is 1. The lowest BCUT2D eigenvalue weighted by atomic mass is 9.63. The molecule has 0 heterocycles. The Bertz CT molecular complexity index is 1290. The predicted molar refractivity (Wildman–Crippen MR) is 160 cm³/mol. The van der Waals surface area contributed by atoms with E-state index in [-0.39, 0.29) is 30.9 Å². The molecule has 9 heteroatoms. The van der Waals surface area contributed by atoms with Crippen LogP contribution in [0.1, 0.15) is 51.2 Å². The summed E-state index contributed by atoms with van der Waals surface area (Å²) in [6.45, 7) is 7.20. The van der Waals surface area contributed by atoms with E-state index in [1.807, 2.05) is 38.1 Å². The zero-order valence-corrected chi connectivity index (χ0v) is 25.0. The fourth-order valence-electron chi connectivity index (χ4n) is 5.91. The quantitative estimate of drug-likeness (QED) is 0.283. The van der Waals surface area contributed by atoms with Gasteiger partial charge in [-0.05, 0) is 68.0 Å². The molecule has 2 aromatic carbocycles. The predicted octanol–water partition coefficient (Wildman–Crippen LogP) is 4.68. The van der Waals surface area contributed by atoms with Gasteiger partial charge in [0.1, 0.15) is 17.4 Å². The summed E-state index contributed by atoms with van der Waals surface area (Å²) in [5.74, 6) is -2.54. The van der Waals surface area contributed by atoms with E-state index < -0.39 is 35.0 Å². The van der Waals surface area contributed by atoms with Crippen LogP contribution in [0, 0.1) is 23.0 Å². The smallest absolute Gasteiger partial charge is 0.244 e. The first-order valence-electron chi connectivity index (χ1n) is 14.5. The summed E-state index contributed by atoms with van der Waals surface area (Å²) in [7, 11) is 1.58. The highest BCUT2D eigenvalue weighted by Gasteiger charge is 2.50. The van der Waals surface area contributed by atoms with Crippen molar-refractivity contribution in [2.24, 2.45) is 17.1 Å². The van der Waals surface area contributed by atoms with Crippen molar-refractivity contribution in [2.75, 3.05) is 26.7 Å². The number of carbonyl (C=O) groups is 2. The van der Waals surface area contributed by atoms with Crippen molar-refractivity contribution in [3.8, 4) is 5.75 Å². The molecular formula is C33H43F2N3O4. The third-order valence-electron chi connectivity index (χ3n) is 7.68. The Morgan fingerprint density at radius 2 is 1.76 bits per heavy atom. The summed E-state index contributed by atoms with van der Waals surface area (Å²) in [5.41, 5.74) is 6.51. The number of methoxy groups -OCH3 is 1. The SMILES string of the molecule is CCCN(CCC)C(=O)C1([C@H](Cc2cc(F)cc(F)c2)[C@H](O)CNCc2cccc(OC)c2)C=C(C)C=C(C(N)=O)C1. The van der Waals surface area contributed by atoms with Crippen LogP contribution in [0.25, 0.3) is 0 Å². The normalized spacial score (nSPS) is 18.1. The molecule has 2 amide bonds. The first-order chi connectivity index (χ1) is 20.0. The standard InChI is InChI=1S/C33H43F2N3O4/c1-5-10-38(11-6-2)32(41)33(18-22(3)12-25(19-33)31(36)40)29(16-24-13-26(34)17-27(35)14-24)30(39)21-37-20-23-8-7-9-28(15-23)42-4/h7-9,12-15,17-18,29-30,37,39H,5-6,10-11,16,19-21H2,1-4H3,(H2,36,40)/t29-,30-,33?/m1/s1. The summed E-state index contributed by atoms with van der Waals surface area (Å²) in [6.07, 6.45) is 3.71. The Morgan fingerprint density at radius 1 is 1.10 bits per heavy atom. The van der Waals surface area contributed by atoms with Crippen LogP contribution in [0.2, 0.25) is 0 Å². The van der Waals surface area contributed by atoms with Crippen LogP contribution in [-0.4, -0.2) is 54.7 Å². The van der Waals surface area contributed by atoms with Crippen molar-refractivity contribution in [3.05, 3.63) is 88.5 Å². The number of primary amides is 1. The maximum absolute atomic E-state index is 14.6. The zero-order valence-electron chi connectivity index (χ0n) is 25.0. The zero-order chi connectivity index (χ0) is 30.9. The number of allylic oxidation sites excluding steroid dienone is 2. The first-order valence-corrected chi connectivity index (χ1v) is 14.5. The van der Waals surface area contributed by atoms with Gasteiger partial charge in [-0.2, -0.15) is 0 Å². The molecule has 7 nitrogen and oxygen atoms in total. The van der Waals surface area contributed by atoms with Crippen molar-refractivity contribution < 1.29 is 28.2 Å². The summed E-state index contributed by atoms with van der Waals surface area (Å²) < 4.78 is 33.9. The van der Waals surface area contributed by atoms with Gasteiger partial charge in [0.05, 0.1) is 18.6 Å². The van der Waals surface area contributed by atoms with Crippen molar-refractivity contribution in [1.82, 2.24) is 10.2 Å². The van der Waals surface area contributed by atoms with Crippen LogP contribution in [0.15, 0.2) is 65.8 Å². The van der Waals surface area contributed by atoms with Gasteiger partial charge in [-0.15, -0.1) is 0 Å². The van der Waals surface area contributed by atoms with Crippen molar-refractivity contribution in [3.63, 3.8) is 0 Å². The molecule has 4 N–H and O–H groups in total. The molecule has 0 bridgehead atoms. The largest absolute Gasteiger partial charge is 0.497 e. The maximum Gasteiger partial charge on any atom is 0.244 e. The van der Waals surface area contributed by atoms with Gasteiger partial charge in [0.2, 0.25) is 11.8 Å². The van der Waals surface area contributed by atoms with Gasteiger partial charge >= 0.3 is 0 Å². The van der Waals surface area contributed by atoms with Crippen LogP contribution in [0.5, 0.6) is 5.75 Å². The van der Waals surface area contributed by atoms with E-state index in [4.69, 9.17) is 10.5 Å². The molecule has 228 valence electrons. The molecule has 1 aliphatic rings. The summed E-state index contributed by atoms with van der Waals surface area (Å²) in [6, 6.07) is 10.7. The topological polar surface area (TPSA) is 105 Å². The number of hydrogen-bond donors (Lipinski definition) is 3. The first kappa shape index (κ1) is 32.9. The summed E-state index contributed by atoms with van der Waals surface area (Å²) in [4.78, 5) is 28.8. The van der Waals surface area contributed by atoms with Crippen LogP contribution in [-0.2, 0) is 22.6 Å². The molecule has 0 aromatic heterocycles. The van der Waals surface area contributed by atoms with Crippen molar-refractivity contribution >= 4 is 11.8 Å².